The fourth-order valence-electron chi connectivity index (χ4n) is 4.16. The predicted molar refractivity (Wildman–Crippen MR) is 90.1 cm³/mol. The minimum atomic E-state index is -1.08. The fourth-order valence-corrected chi connectivity index (χ4v) is 4.16. The molecule has 2 N–H and O–H groups in total. The van der Waals surface area contributed by atoms with Crippen LogP contribution in [0, 0.1) is 5.92 Å². The van der Waals surface area contributed by atoms with Crippen LogP contribution in [0.1, 0.15) is 39.0 Å². The number of piperidine rings is 2. The lowest BCUT2D eigenvalue weighted by molar-refractivity contribution is -0.145. The predicted octanol–water partition coefficient (Wildman–Crippen LogP) is -0.666. The van der Waals surface area contributed by atoms with Crippen molar-refractivity contribution in [3.8, 4) is 0 Å². The molecule has 3 saturated heterocycles. The van der Waals surface area contributed by atoms with Crippen LogP contribution >= 0.6 is 0 Å². The van der Waals surface area contributed by atoms with Gasteiger partial charge in [-0.25, -0.2) is 4.90 Å². The van der Waals surface area contributed by atoms with Crippen LogP contribution in [-0.4, -0.2) is 82.6 Å². The summed E-state index contributed by atoms with van der Waals surface area (Å²) < 4.78 is 0. The topological polar surface area (TPSA) is 93.2 Å². The number of fused-ring (bicyclic) bond motifs is 1. The van der Waals surface area contributed by atoms with Gasteiger partial charge in [0, 0.05) is 32.1 Å². The number of aliphatic hydroxyl groups excluding tert-OH is 1. The number of hydrogen-bond acceptors (Lipinski definition) is 5. The van der Waals surface area contributed by atoms with Crippen molar-refractivity contribution in [3.63, 3.8) is 0 Å². The maximum atomic E-state index is 12.6. The van der Waals surface area contributed by atoms with Crippen LogP contribution in [0.5, 0.6) is 0 Å². The molecule has 3 aliphatic rings. The molecule has 3 aliphatic heterocycles. The molecule has 3 fully saturated rings. The summed E-state index contributed by atoms with van der Waals surface area (Å²) in [6.45, 7) is 4.31. The third-order valence-electron chi connectivity index (χ3n) is 5.57. The van der Waals surface area contributed by atoms with E-state index in [2.05, 4.69) is 12.2 Å². The molecule has 3 amide bonds. The number of carbonyl (C=O) groups is 3. The van der Waals surface area contributed by atoms with Crippen molar-refractivity contribution in [2.75, 3.05) is 32.7 Å². The lowest BCUT2D eigenvalue weighted by atomic mass is 9.83. The van der Waals surface area contributed by atoms with Crippen LogP contribution in [0.25, 0.3) is 0 Å². The van der Waals surface area contributed by atoms with E-state index >= 15 is 0 Å². The third-order valence-corrected chi connectivity index (χ3v) is 5.57. The summed E-state index contributed by atoms with van der Waals surface area (Å²) in [5, 5.41) is 12.1. The molecule has 3 atom stereocenters. The van der Waals surface area contributed by atoms with Crippen molar-refractivity contribution in [2.45, 2.75) is 51.4 Å². The first-order valence-corrected chi connectivity index (χ1v) is 9.28. The smallest absolute Gasteiger partial charge is 0.237 e. The van der Waals surface area contributed by atoms with Gasteiger partial charge in [0.05, 0.1) is 13.1 Å². The lowest BCUT2D eigenvalue weighted by Crippen LogP contribution is -2.58. The van der Waals surface area contributed by atoms with E-state index in [9.17, 15) is 19.5 Å². The summed E-state index contributed by atoms with van der Waals surface area (Å²) in [6.07, 6.45) is 3.22. The largest absolute Gasteiger partial charge is 0.361 e. The molecule has 8 heteroatoms. The van der Waals surface area contributed by atoms with Crippen molar-refractivity contribution in [2.24, 2.45) is 5.92 Å². The molecule has 0 aliphatic carbocycles. The molecule has 140 valence electrons. The Morgan fingerprint density at radius 2 is 2.12 bits per heavy atom. The number of aliphatic hydroxyl groups is 1. The molecule has 0 aromatic rings. The van der Waals surface area contributed by atoms with Gasteiger partial charge in [-0.3, -0.25) is 14.4 Å². The molecule has 0 spiro atoms. The molecule has 0 aromatic heterocycles. The number of carbonyl (C=O) groups excluding carboxylic acids is 3. The van der Waals surface area contributed by atoms with Crippen LogP contribution in [0.15, 0.2) is 0 Å². The number of hydrogen-bond donors (Lipinski definition) is 2. The molecule has 0 saturated carbocycles. The second kappa shape index (κ2) is 7.70. The SMILES string of the molecule is CCCCN1C(=O)CC[C@@H]2CN(C(=O)CN3CC(=O)NC3O)CC[C@@H]21. The van der Waals surface area contributed by atoms with Gasteiger partial charge in [0.25, 0.3) is 0 Å². The Labute approximate surface area is 148 Å². The Morgan fingerprint density at radius 1 is 1.32 bits per heavy atom. The number of rotatable bonds is 5. The lowest BCUT2D eigenvalue weighted by Gasteiger charge is -2.47. The van der Waals surface area contributed by atoms with Crippen molar-refractivity contribution < 1.29 is 19.5 Å². The Balaban J connectivity index is 1.56. The zero-order chi connectivity index (χ0) is 18.0. The Morgan fingerprint density at radius 3 is 2.80 bits per heavy atom. The number of nitrogens with one attached hydrogen (secondary N) is 1. The van der Waals surface area contributed by atoms with Gasteiger partial charge < -0.3 is 20.2 Å². The molecule has 25 heavy (non-hydrogen) atoms. The van der Waals surface area contributed by atoms with Gasteiger partial charge in [0.15, 0.2) is 6.35 Å². The molecule has 3 heterocycles. The van der Waals surface area contributed by atoms with E-state index in [0.717, 1.165) is 32.2 Å². The van der Waals surface area contributed by atoms with Gasteiger partial charge >= 0.3 is 0 Å². The van der Waals surface area contributed by atoms with Crippen molar-refractivity contribution in [1.29, 1.82) is 0 Å². The van der Waals surface area contributed by atoms with Gasteiger partial charge in [0.1, 0.15) is 0 Å². The van der Waals surface area contributed by atoms with E-state index < -0.39 is 6.35 Å². The normalized spacial score (nSPS) is 30.4. The second-order valence-corrected chi connectivity index (χ2v) is 7.28. The Bertz CT molecular complexity index is 541. The van der Waals surface area contributed by atoms with Crippen LogP contribution in [-0.2, 0) is 14.4 Å². The van der Waals surface area contributed by atoms with Gasteiger partial charge in [0.2, 0.25) is 17.7 Å². The van der Waals surface area contributed by atoms with Crippen LogP contribution in [0.4, 0.5) is 0 Å². The van der Waals surface area contributed by atoms with Crippen LogP contribution < -0.4 is 5.32 Å². The third kappa shape index (κ3) is 3.95. The molecule has 8 nitrogen and oxygen atoms in total. The standard InChI is InChI=1S/C17H28N4O4/c1-2-3-7-21-13-6-8-19(9-12(13)4-5-15(21)23)16(24)11-20-10-14(22)18-17(20)25/h12-13,17,25H,2-11H2,1H3,(H,18,22)/t12-,13+,17?/m1/s1. The molecule has 0 radical (unpaired) electrons. The summed E-state index contributed by atoms with van der Waals surface area (Å²) in [4.78, 5) is 41.4. The first-order valence-electron chi connectivity index (χ1n) is 9.28. The Hall–Kier alpha value is -1.67. The van der Waals surface area contributed by atoms with Crippen LogP contribution in [0.3, 0.4) is 0 Å². The van der Waals surface area contributed by atoms with Gasteiger partial charge in [-0.2, -0.15) is 0 Å². The van der Waals surface area contributed by atoms with E-state index in [1.54, 1.807) is 0 Å². The minimum absolute atomic E-state index is 0.0375. The number of likely N-dealkylation sites (tertiary alicyclic amines) is 2. The fraction of sp³-hybridized carbons (Fsp3) is 0.824. The monoisotopic (exact) mass is 352 g/mol. The second-order valence-electron chi connectivity index (χ2n) is 7.28. The average molecular weight is 352 g/mol. The highest BCUT2D eigenvalue weighted by molar-refractivity contribution is 5.83. The van der Waals surface area contributed by atoms with Gasteiger partial charge in [-0.1, -0.05) is 13.3 Å². The summed E-state index contributed by atoms with van der Waals surface area (Å²) in [5.74, 6) is 0.247. The summed E-state index contributed by atoms with van der Waals surface area (Å²) in [5.41, 5.74) is 0. The molecule has 0 aromatic carbocycles. The maximum absolute atomic E-state index is 12.6. The molecular formula is C17H28N4O4. The highest BCUT2D eigenvalue weighted by Crippen LogP contribution is 2.31. The summed E-state index contributed by atoms with van der Waals surface area (Å²) in [7, 11) is 0. The Kier molecular flexibility index (Phi) is 5.58. The van der Waals surface area contributed by atoms with E-state index in [0.29, 0.717) is 25.4 Å². The van der Waals surface area contributed by atoms with E-state index in [1.165, 1.54) is 4.90 Å². The minimum Gasteiger partial charge on any atom is -0.361 e. The number of amides is 3. The first-order chi connectivity index (χ1) is 12.0. The maximum Gasteiger partial charge on any atom is 0.237 e. The number of nitrogens with zero attached hydrogens (tertiary/aromatic N) is 3. The quantitative estimate of drug-likeness (QED) is 0.685. The molecule has 1 unspecified atom stereocenters. The number of unbranched alkanes of at least 4 members (excludes halogenated alkanes) is 1. The van der Waals surface area contributed by atoms with Gasteiger partial charge in [-0.15, -0.1) is 0 Å². The molecule has 3 rings (SSSR count). The summed E-state index contributed by atoms with van der Waals surface area (Å²) >= 11 is 0. The zero-order valence-corrected chi connectivity index (χ0v) is 14.8. The van der Waals surface area contributed by atoms with Crippen molar-refractivity contribution in [3.05, 3.63) is 0 Å². The first kappa shape index (κ1) is 18.1. The van der Waals surface area contributed by atoms with Crippen molar-refractivity contribution in [1.82, 2.24) is 20.0 Å². The molecule has 0 bridgehead atoms. The van der Waals surface area contributed by atoms with Crippen LogP contribution in [0.2, 0.25) is 0 Å². The van der Waals surface area contributed by atoms with E-state index in [1.807, 2.05) is 9.80 Å². The summed E-state index contributed by atoms with van der Waals surface area (Å²) in [6, 6.07) is 0.248. The highest BCUT2D eigenvalue weighted by Gasteiger charge is 2.40. The van der Waals surface area contributed by atoms with Gasteiger partial charge in [-0.05, 0) is 25.2 Å². The zero-order valence-electron chi connectivity index (χ0n) is 14.8. The van der Waals surface area contributed by atoms with Crippen molar-refractivity contribution >= 4 is 17.7 Å². The average Bonchev–Trinajstić information content (AvgIpc) is 2.90. The van der Waals surface area contributed by atoms with E-state index in [4.69, 9.17) is 0 Å². The molecular weight excluding hydrogens is 324 g/mol. The highest BCUT2D eigenvalue weighted by atomic mass is 16.3. The van der Waals surface area contributed by atoms with E-state index in [-0.39, 0.29) is 36.9 Å².